The Morgan fingerprint density at radius 1 is 0.775 bits per heavy atom. The van der Waals surface area contributed by atoms with Gasteiger partial charge < -0.3 is 15.2 Å². The van der Waals surface area contributed by atoms with Gasteiger partial charge in [0, 0.05) is 22.7 Å². The van der Waals surface area contributed by atoms with E-state index in [9.17, 15) is 13.6 Å². The number of methoxy groups -OCH3 is 2. The quantitative estimate of drug-likeness (QED) is 0.174. The lowest BCUT2D eigenvalue weighted by molar-refractivity contribution is 0.103. The molecule has 0 atom stereocenters. The van der Waals surface area contributed by atoms with Gasteiger partial charge in [-0.2, -0.15) is 4.37 Å². The van der Waals surface area contributed by atoms with E-state index in [2.05, 4.69) is 23.4 Å². The number of aromatic nitrogens is 1. The van der Waals surface area contributed by atoms with Gasteiger partial charge in [-0.1, -0.05) is 23.3 Å². The van der Waals surface area contributed by atoms with E-state index in [0.29, 0.717) is 5.75 Å². The molecule has 0 amide bonds. The predicted octanol–water partition coefficient (Wildman–Crippen LogP) is 7.99. The second kappa shape index (κ2) is 11.8. The first-order valence-electron chi connectivity index (χ1n) is 12.5. The Labute approximate surface area is 236 Å². The molecule has 8 heteroatoms. The molecule has 1 aromatic heterocycles. The van der Waals surface area contributed by atoms with Gasteiger partial charge >= 0.3 is 0 Å². The van der Waals surface area contributed by atoms with Gasteiger partial charge in [-0.25, -0.2) is 8.78 Å². The van der Waals surface area contributed by atoms with Gasteiger partial charge in [0.05, 0.1) is 35.7 Å². The molecule has 4 aromatic carbocycles. The van der Waals surface area contributed by atoms with Crippen molar-refractivity contribution >= 4 is 33.1 Å². The Morgan fingerprint density at radius 2 is 1.43 bits per heavy atom. The number of halogens is 2. The number of carbonyl (C=O) groups is 1. The van der Waals surface area contributed by atoms with Crippen LogP contribution in [-0.4, -0.2) is 24.4 Å². The van der Waals surface area contributed by atoms with Crippen LogP contribution in [0.3, 0.4) is 0 Å². The van der Waals surface area contributed by atoms with Crippen LogP contribution in [0.1, 0.15) is 38.2 Å². The van der Waals surface area contributed by atoms with E-state index < -0.39 is 17.4 Å². The third-order valence-corrected chi connectivity index (χ3v) is 7.37. The van der Waals surface area contributed by atoms with Crippen molar-refractivity contribution in [3.05, 3.63) is 106 Å². The number of fused-ring (bicyclic) bond motifs is 1. The molecule has 0 unspecified atom stereocenters. The Bertz CT molecular complexity index is 1730. The minimum atomic E-state index is -0.873. The molecule has 5 aromatic rings. The second-order valence-electron chi connectivity index (χ2n) is 9.55. The van der Waals surface area contributed by atoms with E-state index in [1.165, 1.54) is 37.2 Å². The molecule has 0 saturated heterocycles. The Hall–Kier alpha value is -4.30. The number of nitrogens with two attached hydrogens (primary N) is 1. The number of carbonyl (C=O) groups excluding carboxylic acids is 1. The number of benzene rings is 4. The van der Waals surface area contributed by atoms with Crippen LogP contribution in [-0.2, 0) is 0 Å². The van der Waals surface area contributed by atoms with Crippen LogP contribution in [0.2, 0.25) is 0 Å². The smallest absolute Gasteiger partial charge is 0.199 e. The molecule has 0 spiro atoms. The van der Waals surface area contributed by atoms with Crippen molar-refractivity contribution in [2.45, 2.75) is 27.7 Å². The fourth-order valence-corrected chi connectivity index (χ4v) is 5.11. The molecule has 0 saturated carbocycles. The van der Waals surface area contributed by atoms with Gasteiger partial charge in [0.1, 0.15) is 23.1 Å². The monoisotopic (exact) mass is 560 g/mol. The number of ketones is 1. The lowest BCUT2D eigenvalue weighted by Gasteiger charge is -2.10. The molecule has 0 radical (unpaired) electrons. The van der Waals surface area contributed by atoms with Crippen molar-refractivity contribution in [1.29, 1.82) is 0 Å². The number of nitrogens with zero attached hydrogens (tertiary/aromatic N) is 1. The fourth-order valence-electron chi connectivity index (χ4n) is 4.29. The molecule has 40 heavy (non-hydrogen) atoms. The summed E-state index contributed by atoms with van der Waals surface area (Å²) in [6.07, 6.45) is 0. The third-order valence-electron chi connectivity index (χ3n) is 6.56. The van der Waals surface area contributed by atoms with Crippen LogP contribution in [0.15, 0.2) is 60.7 Å². The topological polar surface area (TPSA) is 74.4 Å². The zero-order valence-corrected chi connectivity index (χ0v) is 24.0. The Balaban J connectivity index is 0.000000185. The SMILES string of the molecule is COc1ccc(C)cc1-c1nsc2cc(N)c(C)cc12.COc1ccc(C)cc1C(=O)c1cc(C)c(F)cc1F. The molecule has 0 aliphatic carbocycles. The summed E-state index contributed by atoms with van der Waals surface area (Å²) in [5.41, 5.74) is 12.2. The molecule has 5 rings (SSSR count). The number of nitrogen functional groups attached to an aromatic ring is 1. The minimum absolute atomic E-state index is 0.159. The maximum absolute atomic E-state index is 13.8. The average Bonchev–Trinajstić information content (AvgIpc) is 3.33. The summed E-state index contributed by atoms with van der Waals surface area (Å²) in [5.74, 6) is -0.859. The number of rotatable bonds is 5. The standard InChI is InChI=1S/C16H14F2O2.C16H16N2OS/c1-9-4-5-15(20-3)12(6-9)16(19)11-7-10(2)13(17)8-14(11)18;1-9-4-5-14(19-3)11(6-9)16-12-7-10(2)13(17)8-15(12)20-18-16/h4-8H,1-3H3;4-8H,17H2,1-3H3. The molecule has 2 N–H and O–H groups in total. The molecule has 0 aliphatic heterocycles. The summed E-state index contributed by atoms with van der Waals surface area (Å²) in [7, 11) is 3.12. The summed E-state index contributed by atoms with van der Waals surface area (Å²) in [6.45, 7) is 7.39. The zero-order chi connectivity index (χ0) is 29.1. The van der Waals surface area contributed by atoms with E-state index in [4.69, 9.17) is 15.2 Å². The maximum Gasteiger partial charge on any atom is 0.199 e. The first kappa shape index (κ1) is 28.7. The van der Waals surface area contributed by atoms with Gasteiger partial charge in [0.2, 0.25) is 0 Å². The van der Waals surface area contributed by atoms with Crippen LogP contribution in [0.4, 0.5) is 14.5 Å². The Morgan fingerprint density at radius 3 is 2.10 bits per heavy atom. The summed E-state index contributed by atoms with van der Waals surface area (Å²) in [6, 6.07) is 17.2. The van der Waals surface area contributed by atoms with Crippen molar-refractivity contribution in [2.24, 2.45) is 0 Å². The van der Waals surface area contributed by atoms with Crippen LogP contribution in [0.25, 0.3) is 21.3 Å². The Kier molecular flexibility index (Phi) is 8.49. The highest BCUT2D eigenvalue weighted by atomic mass is 32.1. The molecular weight excluding hydrogens is 530 g/mol. The molecule has 0 bridgehead atoms. The van der Waals surface area contributed by atoms with E-state index in [1.54, 1.807) is 25.3 Å². The summed E-state index contributed by atoms with van der Waals surface area (Å²) in [4.78, 5) is 12.4. The minimum Gasteiger partial charge on any atom is -0.496 e. The number of hydrogen-bond donors (Lipinski definition) is 1. The van der Waals surface area contributed by atoms with Gasteiger partial charge in [-0.05, 0) is 92.8 Å². The largest absolute Gasteiger partial charge is 0.496 e. The number of hydrogen-bond acceptors (Lipinski definition) is 6. The highest BCUT2D eigenvalue weighted by Crippen LogP contribution is 2.38. The third kappa shape index (κ3) is 5.82. The summed E-state index contributed by atoms with van der Waals surface area (Å²) >= 11 is 1.47. The lowest BCUT2D eigenvalue weighted by Crippen LogP contribution is -2.08. The first-order chi connectivity index (χ1) is 19.0. The molecule has 206 valence electrons. The van der Waals surface area contributed by atoms with Crippen molar-refractivity contribution < 1.29 is 23.0 Å². The van der Waals surface area contributed by atoms with Crippen LogP contribution in [0.5, 0.6) is 11.5 Å². The van der Waals surface area contributed by atoms with Crippen molar-refractivity contribution in [1.82, 2.24) is 4.37 Å². The van der Waals surface area contributed by atoms with Crippen molar-refractivity contribution in [2.75, 3.05) is 20.0 Å². The van der Waals surface area contributed by atoms with Crippen LogP contribution < -0.4 is 15.2 Å². The van der Waals surface area contributed by atoms with Gasteiger partial charge in [-0.3, -0.25) is 4.79 Å². The second-order valence-corrected chi connectivity index (χ2v) is 10.4. The van der Waals surface area contributed by atoms with Gasteiger partial charge in [-0.15, -0.1) is 0 Å². The number of ether oxygens (including phenoxy) is 2. The highest BCUT2D eigenvalue weighted by Gasteiger charge is 2.20. The summed E-state index contributed by atoms with van der Waals surface area (Å²) in [5, 5.41) is 1.13. The van der Waals surface area contributed by atoms with Crippen LogP contribution in [0, 0.1) is 39.3 Å². The van der Waals surface area contributed by atoms with Crippen molar-refractivity contribution in [3.8, 4) is 22.8 Å². The molecule has 5 nitrogen and oxygen atoms in total. The highest BCUT2D eigenvalue weighted by molar-refractivity contribution is 7.13. The predicted molar refractivity (Wildman–Crippen MR) is 158 cm³/mol. The van der Waals surface area contributed by atoms with E-state index >= 15 is 0 Å². The summed E-state index contributed by atoms with van der Waals surface area (Å²) < 4.78 is 43.4. The zero-order valence-electron chi connectivity index (χ0n) is 23.2. The number of aryl methyl sites for hydroxylation is 4. The molecule has 0 fully saturated rings. The van der Waals surface area contributed by atoms with Crippen LogP contribution >= 0.6 is 11.5 Å². The molecule has 0 aliphatic rings. The average molecular weight is 561 g/mol. The normalized spacial score (nSPS) is 10.7. The first-order valence-corrected chi connectivity index (χ1v) is 13.3. The van der Waals surface area contributed by atoms with E-state index in [0.717, 1.165) is 50.0 Å². The number of anilines is 1. The lowest BCUT2D eigenvalue weighted by atomic mass is 9.98. The van der Waals surface area contributed by atoms with Gasteiger partial charge in [0.15, 0.2) is 5.78 Å². The van der Waals surface area contributed by atoms with Gasteiger partial charge in [0.25, 0.3) is 0 Å². The van der Waals surface area contributed by atoms with Crippen molar-refractivity contribution in [3.63, 3.8) is 0 Å². The maximum atomic E-state index is 13.8. The fraction of sp³-hybridized carbons (Fsp3) is 0.188. The van der Waals surface area contributed by atoms with E-state index in [-0.39, 0.29) is 16.7 Å². The molecule has 1 heterocycles. The molecular formula is C32H30F2N2O3S. The van der Waals surface area contributed by atoms with E-state index in [1.807, 2.05) is 32.0 Å².